The van der Waals surface area contributed by atoms with Gasteiger partial charge in [-0.25, -0.2) is 0 Å². The summed E-state index contributed by atoms with van der Waals surface area (Å²) in [7, 11) is 4.88. The number of nitrogens with zero attached hydrogens (tertiary/aromatic N) is 1. The average molecular weight is 432 g/mol. The third-order valence-corrected chi connectivity index (χ3v) is 6.08. The molecular formula is C27H29NO4. The standard InChI is InChI=1S/C27H29NO4/c1-17(2)18-6-10-21(11-7-18)28-26(29)15-20-14-24(31-4)25(32-5)16-23(20)27(28)19-8-12-22(30-3)13-9-19/h6-14,16-17,27H,15H2,1-5H3/t27-/m1/s1. The molecule has 0 saturated carbocycles. The number of benzene rings is 3. The van der Waals surface area contributed by atoms with Crippen molar-refractivity contribution < 1.29 is 19.0 Å². The lowest BCUT2D eigenvalue weighted by molar-refractivity contribution is -0.118. The molecule has 0 radical (unpaired) electrons. The van der Waals surface area contributed by atoms with E-state index >= 15 is 0 Å². The van der Waals surface area contributed by atoms with E-state index in [4.69, 9.17) is 14.2 Å². The van der Waals surface area contributed by atoms with Crippen molar-refractivity contribution in [2.24, 2.45) is 0 Å². The van der Waals surface area contributed by atoms with Crippen molar-refractivity contribution in [1.29, 1.82) is 0 Å². The van der Waals surface area contributed by atoms with Gasteiger partial charge in [-0.05, 0) is 64.6 Å². The monoisotopic (exact) mass is 431 g/mol. The topological polar surface area (TPSA) is 48.0 Å². The zero-order valence-corrected chi connectivity index (χ0v) is 19.2. The number of hydrogen-bond donors (Lipinski definition) is 0. The Bertz CT molecular complexity index is 1100. The molecule has 1 atom stereocenters. The Kier molecular flexibility index (Phi) is 6.08. The van der Waals surface area contributed by atoms with E-state index in [9.17, 15) is 4.79 Å². The van der Waals surface area contributed by atoms with Gasteiger partial charge in [-0.3, -0.25) is 4.79 Å². The van der Waals surface area contributed by atoms with Crippen molar-refractivity contribution >= 4 is 11.6 Å². The van der Waals surface area contributed by atoms with Crippen molar-refractivity contribution in [3.05, 3.63) is 82.9 Å². The molecule has 0 bridgehead atoms. The molecule has 32 heavy (non-hydrogen) atoms. The molecule has 0 saturated heterocycles. The van der Waals surface area contributed by atoms with E-state index in [1.807, 2.05) is 53.4 Å². The molecule has 0 spiro atoms. The molecule has 166 valence electrons. The highest BCUT2D eigenvalue weighted by Crippen LogP contribution is 2.43. The maximum atomic E-state index is 13.5. The number of fused-ring (bicyclic) bond motifs is 1. The Hall–Kier alpha value is -3.47. The predicted octanol–water partition coefficient (Wildman–Crippen LogP) is 5.51. The van der Waals surface area contributed by atoms with E-state index in [0.29, 0.717) is 23.8 Å². The fraction of sp³-hybridized carbons (Fsp3) is 0.296. The lowest BCUT2D eigenvalue weighted by atomic mass is 9.86. The fourth-order valence-electron chi connectivity index (χ4n) is 4.30. The summed E-state index contributed by atoms with van der Waals surface area (Å²) in [6.07, 6.45) is 0.300. The molecule has 1 aliphatic rings. The number of carbonyl (C=O) groups excluding carboxylic acids is 1. The molecule has 1 heterocycles. The normalized spacial score (nSPS) is 15.5. The molecule has 5 heteroatoms. The molecule has 3 aromatic carbocycles. The molecule has 0 unspecified atom stereocenters. The van der Waals surface area contributed by atoms with Crippen molar-refractivity contribution in [2.75, 3.05) is 26.2 Å². The highest BCUT2D eigenvalue weighted by Gasteiger charge is 2.36. The van der Waals surface area contributed by atoms with Gasteiger partial charge in [0, 0.05) is 5.69 Å². The number of ether oxygens (including phenoxy) is 3. The van der Waals surface area contributed by atoms with Crippen LogP contribution in [0.5, 0.6) is 17.2 Å². The molecule has 3 aromatic rings. The zero-order valence-electron chi connectivity index (χ0n) is 19.2. The van der Waals surface area contributed by atoms with E-state index in [2.05, 4.69) is 26.0 Å². The highest BCUT2D eigenvalue weighted by atomic mass is 16.5. The van der Waals surface area contributed by atoms with Crippen LogP contribution in [0.25, 0.3) is 0 Å². The smallest absolute Gasteiger partial charge is 0.232 e. The van der Waals surface area contributed by atoms with Crippen molar-refractivity contribution in [3.8, 4) is 17.2 Å². The van der Waals surface area contributed by atoms with Crippen LogP contribution in [0.1, 0.15) is 48.1 Å². The van der Waals surface area contributed by atoms with Crippen LogP contribution in [0.15, 0.2) is 60.7 Å². The Morgan fingerprint density at radius 2 is 1.47 bits per heavy atom. The summed E-state index contributed by atoms with van der Waals surface area (Å²) in [6, 6.07) is 19.8. The second-order valence-corrected chi connectivity index (χ2v) is 8.27. The first-order valence-electron chi connectivity index (χ1n) is 10.8. The van der Waals surface area contributed by atoms with Crippen LogP contribution in [0.4, 0.5) is 5.69 Å². The van der Waals surface area contributed by atoms with Crippen LogP contribution in [-0.4, -0.2) is 27.2 Å². The lowest BCUT2D eigenvalue weighted by Gasteiger charge is -2.38. The average Bonchev–Trinajstić information content (AvgIpc) is 2.82. The Balaban J connectivity index is 1.89. The third-order valence-electron chi connectivity index (χ3n) is 6.08. The molecule has 0 aliphatic carbocycles. The number of methoxy groups -OCH3 is 3. The van der Waals surface area contributed by atoms with Crippen LogP contribution in [0.3, 0.4) is 0 Å². The SMILES string of the molecule is COc1ccc([C@@H]2c3cc(OC)c(OC)cc3CC(=O)N2c2ccc(C(C)C)cc2)cc1. The maximum absolute atomic E-state index is 13.5. The van der Waals surface area contributed by atoms with Crippen molar-refractivity contribution in [2.45, 2.75) is 32.2 Å². The van der Waals surface area contributed by atoms with Gasteiger partial charge < -0.3 is 19.1 Å². The van der Waals surface area contributed by atoms with Crippen LogP contribution >= 0.6 is 0 Å². The van der Waals surface area contributed by atoms with Gasteiger partial charge >= 0.3 is 0 Å². The Labute approximate surface area is 189 Å². The highest BCUT2D eigenvalue weighted by molar-refractivity contribution is 5.98. The quantitative estimate of drug-likeness (QED) is 0.516. The zero-order chi connectivity index (χ0) is 22.8. The predicted molar refractivity (Wildman–Crippen MR) is 126 cm³/mol. The molecule has 5 nitrogen and oxygen atoms in total. The molecule has 4 rings (SSSR count). The van der Waals surface area contributed by atoms with E-state index in [1.165, 1.54) is 5.56 Å². The third kappa shape index (κ3) is 3.91. The van der Waals surface area contributed by atoms with Gasteiger partial charge in [0.05, 0.1) is 33.8 Å². The van der Waals surface area contributed by atoms with Crippen molar-refractivity contribution in [3.63, 3.8) is 0 Å². The fourth-order valence-corrected chi connectivity index (χ4v) is 4.30. The lowest BCUT2D eigenvalue weighted by Crippen LogP contribution is -2.41. The van der Waals surface area contributed by atoms with Gasteiger partial charge in [0.1, 0.15) is 5.75 Å². The Morgan fingerprint density at radius 1 is 0.844 bits per heavy atom. The van der Waals surface area contributed by atoms with Gasteiger partial charge in [0.2, 0.25) is 5.91 Å². The van der Waals surface area contributed by atoms with Crippen molar-refractivity contribution in [1.82, 2.24) is 0 Å². The number of anilines is 1. The minimum atomic E-state index is -0.290. The van der Waals surface area contributed by atoms with Crippen LogP contribution < -0.4 is 19.1 Å². The first-order valence-corrected chi connectivity index (χ1v) is 10.8. The van der Waals surface area contributed by atoms with E-state index in [1.54, 1.807) is 21.3 Å². The van der Waals surface area contributed by atoms with Crippen LogP contribution in [0, 0.1) is 0 Å². The molecule has 1 amide bonds. The van der Waals surface area contributed by atoms with Crippen LogP contribution in [0.2, 0.25) is 0 Å². The van der Waals surface area contributed by atoms with Gasteiger partial charge in [0.15, 0.2) is 11.5 Å². The van der Waals surface area contributed by atoms with Gasteiger partial charge in [-0.1, -0.05) is 38.1 Å². The molecule has 0 fully saturated rings. The summed E-state index contributed by atoms with van der Waals surface area (Å²) >= 11 is 0. The van der Waals surface area contributed by atoms with Crippen LogP contribution in [-0.2, 0) is 11.2 Å². The second kappa shape index (κ2) is 8.95. The van der Waals surface area contributed by atoms with Gasteiger partial charge in [0.25, 0.3) is 0 Å². The molecule has 0 N–H and O–H groups in total. The number of amides is 1. The van der Waals surface area contributed by atoms with E-state index < -0.39 is 0 Å². The summed E-state index contributed by atoms with van der Waals surface area (Å²) in [5.74, 6) is 2.52. The summed E-state index contributed by atoms with van der Waals surface area (Å²) in [4.78, 5) is 15.4. The van der Waals surface area contributed by atoms with E-state index in [-0.39, 0.29) is 11.9 Å². The first-order chi connectivity index (χ1) is 15.5. The molecule has 1 aliphatic heterocycles. The molecular weight excluding hydrogens is 402 g/mol. The summed E-state index contributed by atoms with van der Waals surface area (Å²) in [6.45, 7) is 4.33. The number of carbonyl (C=O) groups is 1. The minimum Gasteiger partial charge on any atom is -0.497 e. The second-order valence-electron chi connectivity index (χ2n) is 8.27. The summed E-state index contributed by atoms with van der Waals surface area (Å²) in [5, 5.41) is 0. The summed E-state index contributed by atoms with van der Waals surface area (Å²) in [5.41, 5.74) is 5.09. The number of rotatable bonds is 6. The Morgan fingerprint density at radius 3 is 2.03 bits per heavy atom. The maximum Gasteiger partial charge on any atom is 0.232 e. The largest absolute Gasteiger partial charge is 0.497 e. The molecule has 0 aromatic heterocycles. The first kappa shape index (κ1) is 21.8. The number of hydrogen-bond acceptors (Lipinski definition) is 4. The van der Waals surface area contributed by atoms with Gasteiger partial charge in [-0.2, -0.15) is 0 Å². The minimum absolute atomic E-state index is 0.0443. The summed E-state index contributed by atoms with van der Waals surface area (Å²) < 4.78 is 16.4. The van der Waals surface area contributed by atoms with E-state index in [0.717, 1.165) is 28.1 Å². The van der Waals surface area contributed by atoms with Gasteiger partial charge in [-0.15, -0.1) is 0 Å².